The molecule has 17 nitrogen and oxygen atoms in total. The van der Waals surface area contributed by atoms with Crippen molar-refractivity contribution in [1.29, 1.82) is 0 Å². The molecule has 0 radical (unpaired) electrons. The fourth-order valence-corrected chi connectivity index (χ4v) is 6.27. The van der Waals surface area contributed by atoms with Gasteiger partial charge in [0.25, 0.3) is 0 Å². The van der Waals surface area contributed by atoms with Crippen LogP contribution in [0.1, 0.15) is 37.9 Å². The minimum Gasteiger partial charge on any atom is -0.481 e. The summed E-state index contributed by atoms with van der Waals surface area (Å²) in [6.45, 7) is 2.99. The molecular formula is C40H43N5O12S. The maximum absolute atomic E-state index is 14.0. The number of aromatic nitrogens is 1. The van der Waals surface area contributed by atoms with Crippen LogP contribution in [-0.2, 0) is 51.9 Å². The number of rotatable bonds is 20. The molecule has 3 aromatic carbocycles. The second-order valence-electron chi connectivity index (χ2n) is 13.3. The van der Waals surface area contributed by atoms with Gasteiger partial charge in [0.1, 0.15) is 30.5 Å². The van der Waals surface area contributed by atoms with Gasteiger partial charge in [0.15, 0.2) is 0 Å². The quantitative estimate of drug-likeness (QED) is 0.0702. The normalized spacial score (nSPS) is 13.4. The van der Waals surface area contributed by atoms with Gasteiger partial charge >= 0.3 is 28.1 Å². The lowest BCUT2D eigenvalue weighted by molar-refractivity contribution is -0.140. The number of nitrogens with zero attached hydrogens (tertiary/aromatic N) is 1. The van der Waals surface area contributed by atoms with E-state index in [4.69, 9.17) is 8.92 Å². The van der Waals surface area contributed by atoms with E-state index < -0.39 is 88.8 Å². The van der Waals surface area contributed by atoms with Crippen LogP contribution in [0.5, 0.6) is 5.75 Å². The highest BCUT2D eigenvalue weighted by molar-refractivity contribution is 7.90. The lowest BCUT2D eigenvalue weighted by Crippen LogP contribution is -2.59. The summed E-state index contributed by atoms with van der Waals surface area (Å²) in [6, 6.07) is 20.7. The number of alkyl carbamates (subject to hydrolysis) is 1. The zero-order valence-corrected chi connectivity index (χ0v) is 32.3. The van der Waals surface area contributed by atoms with E-state index in [9.17, 15) is 47.4 Å². The Morgan fingerprint density at radius 2 is 1.33 bits per heavy atom. The largest absolute Gasteiger partial charge is 0.481 e. The molecule has 0 fully saturated rings. The Kier molecular flexibility index (Phi) is 15.8. The molecule has 1 unspecified atom stereocenters. The van der Waals surface area contributed by atoms with Gasteiger partial charge in [0, 0.05) is 17.5 Å². The minimum atomic E-state index is -4.37. The molecule has 4 atom stereocenters. The molecule has 306 valence electrons. The molecule has 0 saturated heterocycles. The smallest absolute Gasteiger partial charge is 0.408 e. The van der Waals surface area contributed by atoms with Crippen LogP contribution in [0.2, 0.25) is 0 Å². The first-order valence-corrected chi connectivity index (χ1v) is 19.4. The van der Waals surface area contributed by atoms with Crippen LogP contribution in [0.25, 0.3) is 10.9 Å². The van der Waals surface area contributed by atoms with E-state index in [1.54, 1.807) is 86.6 Å². The highest BCUT2D eigenvalue weighted by Gasteiger charge is 2.33. The standard InChI is InChI=1S/C40H43N5O12S/c1-25(2)36(39(52)42-29(22-34(46)47)19-20-58(54,55)57-30-14-7-4-8-15-30)45-38(51)32(21-28-18-17-27-13-9-10-16-31(27)41-28)43-37(50)33(23-35(48)49)44-40(53)56-24-26-11-5-3-6-12-26/h3-20,25,29,32-33,36H,21-24H2,1-2H3,(H,42,52)(H,43,50)(H,44,53)(H,45,51)(H,46,47)(H,48,49)/b20-19+/t29-,32?,33+,36+/m1/s1. The van der Waals surface area contributed by atoms with Gasteiger partial charge in [-0.25, -0.2) is 4.79 Å². The number of carboxylic acid groups (broad SMARTS) is 2. The number of amides is 4. The molecule has 0 aliphatic carbocycles. The summed E-state index contributed by atoms with van der Waals surface area (Å²) in [6.07, 6.45) is -2.03. The van der Waals surface area contributed by atoms with Crippen molar-refractivity contribution < 1.29 is 56.3 Å². The van der Waals surface area contributed by atoms with Gasteiger partial charge in [-0.05, 0) is 41.8 Å². The first kappa shape index (κ1) is 43.9. The second kappa shape index (κ2) is 20.9. The zero-order valence-electron chi connectivity index (χ0n) is 31.4. The van der Waals surface area contributed by atoms with Crippen molar-refractivity contribution in [3.05, 3.63) is 120 Å². The van der Waals surface area contributed by atoms with Gasteiger partial charge in [0.05, 0.1) is 29.8 Å². The van der Waals surface area contributed by atoms with Crippen LogP contribution in [0.3, 0.4) is 0 Å². The maximum Gasteiger partial charge on any atom is 0.408 e. The number of carbonyl (C=O) groups is 6. The Labute approximate surface area is 334 Å². The highest BCUT2D eigenvalue weighted by Crippen LogP contribution is 2.15. The summed E-state index contributed by atoms with van der Waals surface area (Å²) < 4.78 is 35.3. The molecule has 0 aliphatic rings. The van der Waals surface area contributed by atoms with Crippen molar-refractivity contribution in [1.82, 2.24) is 26.3 Å². The van der Waals surface area contributed by atoms with Crippen LogP contribution in [0, 0.1) is 5.92 Å². The number of carbonyl (C=O) groups excluding carboxylic acids is 4. The Morgan fingerprint density at radius 1 is 0.707 bits per heavy atom. The zero-order chi connectivity index (χ0) is 42.2. The lowest BCUT2D eigenvalue weighted by atomic mass is 10.0. The number of ether oxygens (including phenoxy) is 1. The van der Waals surface area contributed by atoms with Crippen molar-refractivity contribution in [2.24, 2.45) is 5.92 Å². The third-order valence-electron chi connectivity index (χ3n) is 8.30. The number of para-hydroxylation sites is 2. The molecule has 4 rings (SSSR count). The second-order valence-corrected chi connectivity index (χ2v) is 14.7. The molecule has 6 N–H and O–H groups in total. The number of carboxylic acids is 2. The Hall–Kier alpha value is -6.82. The lowest BCUT2D eigenvalue weighted by Gasteiger charge is -2.27. The van der Waals surface area contributed by atoms with Gasteiger partial charge in [0.2, 0.25) is 17.7 Å². The van der Waals surface area contributed by atoms with Crippen LogP contribution in [0.15, 0.2) is 109 Å². The molecule has 0 aliphatic heterocycles. The van der Waals surface area contributed by atoms with Crippen molar-refractivity contribution in [2.45, 2.75) is 63.9 Å². The molecule has 0 saturated carbocycles. The molecule has 58 heavy (non-hydrogen) atoms. The number of benzene rings is 3. The summed E-state index contributed by atoms with van der Waals surface area (Å²) in [5.74, 6) is -6.32. The molecule has 0 bridgehead atoms. The maximum atomic E-state index is 14.0. The molecular weight excluding hydrogens is 775 g/mol. The number of aliphatic carboxylic acids is 2. The fraction of sp³-hybridized carbons (Fsp3) is 0.275. The van der Waals surface area contributed by atoms with Crippen LogP contribution in [-0.4, -0.2) is 83.5 Å². The van der Waals surface area contributed by atoms with Crippen LogP contribution >= 0.6 is 0 Å². The van der Waals surface area contributed by atoms with Crippen LogP contribution in [0.4, 0.5) is 4.79 Å². The van der Waals surface area contributed by atoms with E-state index in [0.29, 0.717) is 22.2 Å². The molecule has 1 aromatic heterocycles. The van der Waals surface area contributed by atoms with Gasteiger partial charge in [-0.1, -0.05) is 86.6 Å². The average Bonchev–Trinajstić information content (AvgIpc) is 3.17. The predicted octanol–water partition coefficient (Wildman–Crippen LogP) is 3.05. The van der Waals surface area contributed by atoms with E-state index in [1.807, 2.05) is 12.1 Å². The highest BCUT2D eigenvalue weighted by atomic mass is 32.2. The van der Waals surface area contributed by atoms with E-state index in [-0.39, 0.29) is 18.8 Å². The third kappa shape index (κ3) is 14.4. The fourth-order valence-electron chi connectivity index (χ4n) is 5.45. The summed E-state index contributed by atoms with van der Waals surface area (Å²) in [5, 5.41) is 30.2. The van der Waals surface area contributed by atoms with Crippen molar-refractivity contribution in [3.63, 3.8) is 0 Å². The Morgan fingerprint density at radius 3 is 1.98 bits per heavy atom. The van der Waals surface area contributed by atoms with Crippen molar-refractivity contribution in [2.75, 3.05) is 0 Å². The molecule has 1 heterocycles. The van der Waals surface area contributed by atoms with Crippen molar-refractivity contribution in [3.8, 4) is 5.75 Å². The first-order chi connectivity index (χ1) is 27.6. The summed E-state index contributed by atoms with van der Waals surface area (Å²) in [5.41, 5.74) is 1.54. The predicted molar refractivity (Wildman–Crippen MR) is 209 cm³/mol. The monoisotopic (exact) mass is 817 g/mol. The van der Waals surface area contributed by atoms with Gasteiger partial charge < -0.3 is 40.4 Å². The Bertz CT molecular complexity index is 2220. The summed E-state index contributed by atoms with van der Waals surface area (Å²) in [4.78, 5) is 81.9. The Balaban J connectivity index is 1.55. The van der Waals surface area contributed by atoms with E-state index in [2.05, 4.69) is 26.3 Å². The number of pyridine rings is 1. The number of fused-ring (bicyclic) bond motifs is 1. The minimum absolute atomic E-state index is 0.00198. The van der Waals surface area contributed by atoms with Gasteiger partial charge in [-0.3, -0.25) is 29.0 Å². The number of hydrogen-bond donors (Lipinski definition) is 6. The number of hydrogen-bond acceptors (Lipinski definition) is 11. The number of nitrogens with one attached hydrogen (secondary N) is 4. The van der Waals surface area contributed by atoms with E-state index in [1.165, 1.54) is 12.1 Å². The van der Waals surface area contributed by atoms with Gasteiger partial charge in [-0.2, -0.15) is 8.42 Å². The SMILES string of the molecule is CC(C)[C@H](NC(=O)C(Cc1ccc2ccccc2n1)NC(=O)[C@H](CC(=O)O)NC(=O)OCc1ccccc1)C(=O)N[C@H](/C=C/S(=O)(=O)Oc1ccccc1)CC(=O)O. The van der Waals surface area contributed by atoms with Crippen molar-refractivity contribution >= 4 is 56.8 Å². The average molecular weight is 818 g/mol. The topological polar surface area (TPSA) is 256 Å². The summed E-state index contributed by atoms with van der Waals surface area (Å²) in [7, 11) is -4.37. The van der Waals surface area contributed by atoms with Gasteiger partial charge in [-0.15, -0.1) is 0 Å². The van der Waals surface area contributed by atoms with E-state index in [0.717, 1.165) is 11.5 Å². The molecule has 0 spiro atoms. The molecule has 18 heteroatoms. The first-order valence-electron chi connectivity index (χ1n) is 17.9. The third-order valence-corrected chi connectivity index (χ3v) is 9.22. The summed E-state index contributed by atoms with van der Waals surface area (Å²) >= 11 is 0. The molecule has 4 aromatic rings. The van der Waals surface area contributed by atoms with E-state index >= 15 is 0 Å². The molecule has 4 amide bonds. The van der Waals surface area contributed by atoms with Crippen LogP contribution < -0.4 is 25.5 Å².